The molecule has 0 aliphatic rings. The van der Waals surface area contributed by atoms with E-state index in [1.807, 2.05) is 72.8 Å². The van der Waals surface area contributed by atoms with Crippen LogP contribution >= 0.6 is 0 Å². The van der Waals surface area contributed by atoms with Crippen molar-refractivity contribution < 1.29 is 14.3 Å². The molecule has 0 amide bonds. The highest BCUT2D eigenvalue weighted by Crippen LogP contribution is 2.29. The van der Waals surface area contributed by atoms with Crippen LogP contribution in [-0.4, -0.2) is 23.9 Å². The number of H-pyrrole nitrogens is 1. The molecule has 0 aliphatic carbocycles. The molecule has 0 aliphatic heterocycles. The van der Waals surface area contributed by atoms with Crippen LogP contribution in [0.15, 0.2) is 121 Å². The van der Waals surface area contributed by atoms with Crippen molar-refractivity contribution in [3.05, 3.63) is 138 Å². The van der Waals surface area contributed by atoms with Crippen molar-refractivity contribution in [2.45, 2.75) is 19.1 Å². The molecule has 210 valence electrons. The van der Waals surface area contributed by atoms with Gasteiger partial charge in [0.15, 0.2) is 5.78 Å². The van der Waals surface area contributed by atoms with Crippen LogP contribution in [0.3, 0.4) is 0 Å². The number of anilines is 1. The number of Topliss-reactive ketones (excluding diaryl/α,β-unsaturated/α-hetero) is 1. The molecule has 1 aromatic heterocycles. The monoisotopic (exact) mass is 555 g/mol. The maximum Gasteiger partial charge on any atom is 0.176 e. The first-order valence-corrected chi connectivity index (χ1v) is 14.1. The van der Waals surface area contributed by atoms with Crippen LogP contribution in [0.25, 0.3) is 21.8 Å². The SMILES string of the molecule is Nc1cc(C(=O)CNC(CCOc2ccc3c(c2)[nH]c2ccccc23)c2ccccc2)ccc1OCc1ccccc1. The number of rotatable bonds is 12. The van der Waals surface area contributed by atoms with Gasteiger partial charge in [0, 0.05) is 40.4 Å². The second kappa shape index (κ2) is 12.6. The molecule has 42 heavy (non-hydrogen) atoms. The Balaban J connectivity index is 1.07. The Morgan fingerprint density at radius 1 is 0.762 bits per heavy atom. The predicted octanol–water partition coefficient (Wildman–Crippen LogP) is 7.47. The number of fused-ring (bicyclic) bond motifs is 3. The van der Waals surface area contributed by atoms with E-state index in [0.717, 1.165) is 27.9 Å². The fourth-order valence-electron chi connectivity index (χ4n) is 5.20. The lowest BCUT2D eigenvalue weighted by molar-refractivity contribution is 0.0985. The first-order valence-electron chi connectivity index (χ1n) is 14.1. The smallest absolute Gasteiger partial charge is 0.176 e. The molecule has 6 aromatic rings. The molecule has 1 atom stereocenters. The molecule has 6 nitrogen and oxygen atoms in total. The van der Waals surface area contributed by atoms with Gasteiger partial charge in [0.2, 0.25) is 0 Å². The lowest BCUT2D eigenvalue weighted by Gasteiger charge is -2.19. The zero-order valence-corrected chi connectivity index (χ0v) is 23.3. The molecule has 0 saturated carbocycles. The normalized spacial score (nSPS) is 11.9. The van der Waals surface area contributed by atoms with Crippen LogP contribution in [0.1, 0.15) is 33.9 Å². The summed E-state index contributed by atoms with van der Waals surface area (Å²) in [6.45, 7) is 1.08. The molecule has 6 heteroatoms. The highest BCUT2D eigenvalue weighted by molar-refractivity contribution is 6.07. The standard InChI is InChI=1S/C36H33N3O3/c37-31-21-27(15-18-36(31)42-24-25-9-3-1-4-10-25)35(40)23-38-32(26-11-5-2-6-12-26)19-20-41-28-16-17-30-29-13-7-8-14-33(29)39-34(30)22-28/h1-18,21-22,32,38-39H,19-20,23-24,37H2. The van der Waals surface area contributed by atoms with E-state index in [9.17, 15) is 4.79 Å². The molecule has 6 rings (SSSR count). The molecule has 0 radical (unpaired) electrons. The van der Waals surface area contributed by atoms with Crippen LogP contribution in [0.2, 0.25) is 0 Å². The van der Waals surface area contributed by atoms with Crippen molar-refractivity contribution in [1.29, 1.82) is 0 Å². The number of nitrogens with one attached hydrogen (secondary N) is 2. The van der Waals surface area contributed by atoms with Crippen LogP contribution < -0.4 is 20.5 Å². The molecule has 0 saturated heterocycles. The van der Waals surface area contributed by atoms with Gasteiger partial charge in [0.05, 0.1) is 24.4 Å². The van der Waals surface area contributed by atoms with Gasteiger partial charge in [-0.05, 0) is 47.5 Å². The molecule has 1 heterocycles. The number of aromatic nitrogens is 1. The Hall–Kier alpha value is -5.07. The Bertz CT molecular complexity index is 1800. The Morgan fingerprint density at radius 2 is 1.50 bits per heavy atom. The van der Waals surface area contributed by atoms with Crippen LogP contribution in [0, 0.1) is 0 Å². The molecule has 0 bridgehead atoms. The molecule has 1 unspecified atom stereocenters. The number of hydrogen-bond acceptors (Lipinski definition) is 5. The summed E-state index contributed by atoms with van der Waals surface area (Å²) < 4.78 is 12.0. The van der Waals surface area contributed by atoms with E-state index in [1.165, 1.54) is 10.8 Å². The molecule has 5 aromatic carbocycles. The lowest BCUT2D eigenvalue weighted by Crippen LogP contribution is -2.29. The van der Waals surface area contributed by atoms with Crippen LogP contribution in [-0.2, 0) is 6.61 Å². The fraction of sp³-hybridized carbons (Fsp3) is 0.139. The zero-order chi connectivity index (χ0) is 28.7. The summed E-state index contributed by atoms with van der Waals surface area (Å²) in [5, 5.41) is 5.82. The van der Waals surface area contributed by atoms with E-state index in [1.54, 1.807) is 18.2 Å². The Kier molecular flexibility index (Phi) is 8.15. The third-order valence-corrected chi connectivity index (χ3v) is 7.43. The summed E-state index contributed by atoms with van der Waals surface area (Å²) in [5.74, 6) is 1.33. The molecule has 4 N–H and O–H groups in total. The van der Waals surface area contributed by atoms with E-state index in [-0.39, 0.29) is 18.4 Å². The van der Waals surface area contributed by atoms with E-state index >= 15 is 0 Å². The van der Waals surface area contributed by atoms with E-state index < -0.39 is 0 Å². The van der Waals surface area contributed by atoms with Gasteiger partial charge >= 0.3 is 0 Å². The Morgan fingerprint density at radius 3 is 2.31 bits per heavy atom. The topological polar surface area (TPSA) is 89.4 Å². The Labute approximate surface area is 245 Å². The van der Waals surface area contributed by atoms with Gasteiger partial charge in [-0.3, -0.25) is 4.79 Å². The van der Waals surface area contributed by atoms with Crippen molar-refractivity contribution in [3.8, 4) is 11.5 Å². The number of ether oxygens (including phenoxy) is 2. The van der Waals surface area contributed by atoms with Gasteiger partial charge in [0.25, 0.3) is 0 Å². The summed E-state index contributed by atoms with van der Waals surface area (Å²) in [6.07, 6.45) is 0.691. The minimum atomic E-state index is -0.0576. The summed E-state index contributed by atoms with van der Waals surface area (Å²) >= 11 is 0. The molecule has 0 spiro atoms. The predicted molar refractivity (Wildman–Crippen MR) is 169 cm³/mol. The second-order valence-electron chi connectivity index (χ2n) is 10.3. The number of carbonyl (C=O) groups excluding carboxylic acids is 1. The first kappa shape index (κ1) is 27.1. The second-order valence-corrected chi connectivity index (χ2v) is 10.3. The van der Waals surface area contributed by atoms with Crippen molar-refractivity contribution in [3.63, 3.8) is 0 Å². The first-order chi connectivity index (χ1) is 20.6. The van der Waals surface area contributed by atoms with E-state index in [4.69, 9.17) is 15.2 Å². The van der Waals surface area contributed by atoms with Gasteiger partial charge in [-0.1, -0.05) is 78.9 Å². The number of nitrogens with two attached hydrogens (primary N) is 1. The third kappa shape index (κ3) is 6.29. The number of nitrogen functional groups attached to an aromatic ring is 1. The number of carbonyl (C=O) groups is 1. The zero-order valence-electron chi connectivity index (χ0n) is 23.3. The van der Waals surface area contributed by atoms with Gasteiger partial charge in [0.1, 0.15) is 18.1 Å². The van der Waals surface area contributed by atoms with Crippen LogP contribution in [0.5, 0.6) is 11.5 Å². The maximum atomic E-state index is 13.1. The fourth-order valence-corrected chi connectivity index (χ4v) is 5.20. The van der Waals surface area contributed by atoms with Crippen molar-refractivity contribution in [2.75, 3.05) is 18.9 Å². The van der Waals surface area contributed by atoms with Gasteiger partial charge in [-0.15, -0.1) is 0 Å². The average molecular weight is 556 g/mol. The minimum absolute atomic E-state index is 0.0394. The highest BCUT2D eigenvalue weighted by atomic mass is 16.5. The number of para-hydroxylation sites is 1. The maximum absolute atomic E-state index is 13.1. The van der Waals surface area contributed by atoms with Gasteiger partial charge in [-0.25, -0.2) is 0 Å². The largest absolute Gasteiger partial charge is 0.493 e. The van der Waals surface area contributed by atoms with Crippen molar-refractivity contribution in [2.24, 2.45) is 0 Å². The quantitative estimate of drug-likeness (QED) is 0.108. The number of aromatic amines is 1. The molecular formula is C36H33N3O3. The number of benzene rings is 5. The highest BCUT2D eigenvalue weighted by Gasteiger charge is 2.16. The summed E-state index contributed by atoms with van der Waals surface area (Å²) in [7, 11) is 0. The molecular weight excluding hydrogens is 522 g/mol. The molecule has 0 fully saturated rings. The van der Waals surface area contributed by atoms with Gasteiger partial charge in [-0.2, -0.15) is 0 Å². The number of hydrogen-bond donors (Lipinski definition) is 3. The van der Waals surface area contributed by atoms with E-state index in [0.29, 0.717) is 36.6 Å². The summed E-state index contributed by atoms with van der Waals surface area (Å²) in [4.78, 5) is 16.6. The average Bonchev–Trinajstić information content (AvgIpc) is 3.40. The van der Waals surface area contributed by atoms with Gasteiger partial charge < -0.3 is 25.5 Å². The number of ketones is 1. The summed E-state index contributed by atoms with van der Waals surface area (Å²) in [5.41, 5.74) is 11.5. The van der Waals surface area contributed by atoms with Crippen LogP contribution in [0.4, 0.5) is 5.69 Å². The third-order valence-electron chi connectivity index (χ3n) is 7.43. The van der Waals surface area contributed by atoms with Crippen molar-refractivity contribution >= 4 is 33.3 Å². The van der Waals surface area contributed by atoms with Crippen molar-refractivity contribution in [1.82, 2.24) is 10.3 Å². The summed E-state index contributed by atoms with van der Waals surface area (Å²) in [6, 6.07) is 39.6. The lowest BCUT2D eigenvalue weighted by atomic mass is 10.0. The van der Waals surface area contributed by atoms with E-state index in [2.05, 4.69) is 40.6 Å². The minimum Gasteiger partial charge on any atom is -0.493 e.